The minimum atomic E-state index is -0.719. The van der Waals surface area contributed by atoms with Gasteiger partial charge in [0.2, 0.25) is 11.8 Å². The predicted octanol–water partition coefficient (Wildman–Crippen LogP) is 1.10. The fourth-order valence-electron chi connectivity index (χ4n) is 2.21. The number of benzene rings is 1. The number of non-ortho nitro benzene ring substituents is 1. The van der Waals surface area contributed by atoms with Gasteiger partial charge in [-0.2, -0.15) is 0 Å². The molecule has 0 spiro atoms. The molecule has 1 unspecified atom stereocenters. The number of hydrogen-bond acceptors (Lipinski definition) is 6. The summed E-state index contributed by atoms with van der Waals surface area (Å²) in [6, 6.07) is 3.31. The molecule has 0 saturated carbocycles. The van der Waals surface area contributed by atoms with E-state index in [4.69, 9.17) is 0 Å². The quantitative estimate of drug-likeness (QED) is 0.502. The Morgan fingerprint density at radius 2 is 1.90 bits per heavy atom. The monoisotopic (exact) mass is 293 g/mol. The summed E-state index contributed by atoms with van der Waals surface area (Å²) in [6.07, 6.45) is 0.545. The normalized spacial score (nSPS) is 18.2. The van der Waals surface area contributed by atoms with Gasteiger partial charge in [0, 0.05) is 24.0 Å². The molecule has 1 heterocycles. The van der Waals surface area contributed by atoms with Gasteiger partial charge in [-0.3, -0.25) is 35.1 Å². The van der Waals surface area contributed by atoms with E-state index in [1.54, 1.807) is 0 Å². The van der Waals surface area contributed by atoms with Gasteiger partial charge in [0.1, 0.15) is 0 Å². The number of piperidine rings is 1. The van der Waals surface area contributed by atoms with E-state index in [9.17, 15) is 29.8 Å². The van der Waals surface area contributed by atoms with Crippen LogP contribution in [0.25, 0.3) is 0 Å². The van der Waals surface area contributed by atoms with Gasteiger partial charge in [-0.1, -0.05) is 0 Å². The lowest BCUT2D eigenvalue weighted by atomic mass is 9.90. The van der Waals surface area contributed by atoms with E-state index < -0.39 is 27.4 Å². The first-order valence-corrected chi connectivity index (χ1v) is 6.14. The zero-order valence-corrected chi connectivity index (χ0v) is 10.8. The topological polar surface area (TPSA) is 132 Å². The van der Waals surface area contributed by atoms with Gasteiger partial charge in [-0.15, -0.1) is 0 Å². The van der Waals surface area contributed by atoms with Gasteiger partial charge in [0.15, 0.2) is 0 Å². The molecule has 1 N–H and O–H groups in total. The third kappa shape index (κ3) is 3.19. The number of hydrogen-bond donors (Lipinski definition) is 1. The molecular formula is C12H11N3O6. The summed E-state index contributed by atoms with van der Waals surface area (Å²) in [6.45, 7) is 0. The van der Waals surface area contributed by atoms with Crippen LogP contribution in [-0.2, 0) is 16.0 Å². The number of nitro groups is 2. The largest absolute Gasteiger partial charge is 0.296 e. The van der Waals surface area contributed by atoms with Crippen molar-refractivity contribution >= 4 is 23.2 Å². The SMILES string of the molecule is O=C1CCC(Cc2ccc([N+](=O)[O-])cc2[N+](=O)[O-])C(=O)N1. The van der Waals surface area contributed by atoms with Crippen LogP contribution in [0.3, 0.4) is 0 Å². The van der Waals surface area contributed by atoms with Gasteiger partial charge < -0.3 is 0 Å². The Morgan fingerprint density at radius 1 is 1.19 bits per heavy atom. The summed E-state index contributed by atoms with van der Waals surface area (Å²) >= 11 is 0. The van der Waals surface area contributed by atoms with E-state index in [1.807, 2.05) is 0 Å². The molecule has 0 radical (unpaired) electrons. The smallest absolute Gasteiger partial charge is 0.279 e. The fourth-order valence-corrected chi connectivity index (χ4v) is 2.21. The number of amides is 2. The van der Waals surface area contributed by atoms with Crippen LogP contribution in [0.4, 0.5) is 11.4 Å². The van der Waals surface area contributed by atoms with Crippen molar-refractivity contribution in [1.29, 1.82) is 0 Å². The summed E-state index contributed by atoms with van der Waals surface area (Å²) in [5, 5.41) is 23.8. The molecule has 21 heavy (non-hydrogen) atoms. The van der Waals surface area contributed by atoms with Gasteiger partial charge in [-0.25, -0.2) is 0 Å². The maximum Gasteiger partial charge on any atom is 0.279 e. The number of nitro benzene ring substituents is 2. The maximum atomic E-state index is 11.7. The first-order valence-electron chi connectivity index (χ1n) is 6.14. The van der Waals surface area contributed by atoms with Gasteiger partial charge >= 0.3 is 0 Å². The highest BCUT2D eigenvalue weighted by molar-refractivity contribution is 5.98. The van der Waals surface area contributed by atoms with Crippen molar-refractivity contribution in [3.8, 4) is 0 Å². The van der Waals surface area contributed by atoms with Crippen LogP contribution in [0, 0.1) is 26.1 Å². The molecule has 0 bridgehead atoms. The Balaban J connectivity index is 2.27. The van der Waals surface area contributed by atoms with E-state index in [1.165, 1.54) is 6.07 Å². The zero-order valence-electron chi connectivity index (χ0n) is 10.8. The Hall–Kier alpha value is -2.84. The van der Waals surface area contributed by atoms with Crippen LogP contribution in [-0.4, -0.2) is 21.7 Å². The van der Waals surface area contributed by atoms with Crippen molar-refractivity contribution < 1.29 is 19.4 Å². The van der Waals surface area contributed by atoms with Crippen LogP contribution in [0.2, 0.25) is 0 Å². The molecule has 1 aromatic carbocycles. The second kappa shape index (κ2) is 5.65. The molecule has 1 fully saturated rings. The van der Waals surface area contributed by atoms with Gasteiger partial charge in [0.25, 0.3) is 11.4 Å². The van der Waals surface area contributed by atoms with Crippen LogP contribution in [0.15, 0.2) is 18.2 Å². The summed E-state index contributed by atoms with van der Waals surface area (Å²) in [5.41, 5.74) is -0.539. The second-order valence-corrected chi connectivity index (χ2v) is 4.68. The average Bonchev–Trinajstić information content (AvgIpc) is 2.41. The van der Waals surface area contributed by atoms with Crippen molar-refractivity contribution in [2.24, 2.45) is 5.92 Å². The highest BCUT2D eigenvalue weighted by Crippen LogP contribution is 2.28. The number of carbonyl (C=O) groups excluding carboxylic acids is 2. The fraction of sp³-hybridized carbons (Fsp3) is 0.333. The molecule has 1 saturated heterocycles. The van der Waals surface area contributed by atoms with Gasteiger partial charge in [0.05, 0.1) is 15.9 Å². The molecular weight excluding hydrogens is 282 g/mol. The lowest BCUT2D eigenvalue weighted by Gasteiger charge is -2.20. The molecule has 1 atom stereocenters. The lowest BCUT2D eigenvalue weighted by Crippen LogP contribution is -2.41. The molecule has 1 aromatic rings. The Kier molecular flexibility index (Phi) is 3.92. The Bertz CT molecular complexity index is 642. The van der Waals surface area contributed by atoms with E-state index >= 15 is 0 Å². The van der Waals surface area contributed by atoms with E-state index in [-0.39, 0.29) is 30.0 Å². The van der Waals surface area contributed by atoms with Crippen LogP contribution >= 0.6 is 0 Å². The number of nitrogens with zero attached hydrogens (tertiary/aromatic N) is 2. The van der Waals surface area contributed by atoms with Crippen LogP contribution in [0.5, 0.6) is 0 Å². The zero-order chi connectivity index (χ0) is 15.6. The van der Waals surface area contributed by atoms with E-state index in [0.717, 1.165) is 12.1 Å². The molecule has 110 valence electrons. The first kappa shape index (κ1) is 14.6. The highest BCUT2D eigenvalue weighted by Gasteiger charge is 2.29. The Morgan fingerprint density at radius 3 is 2.48 bits per heavy atom. The maximum absolute atomic E-state index is 11.7. The number of carbonyl (C=O) groups is 2. The molecule has 2 rings (SSSR count). The molecule has 9 nitrogen and oxygen atoms in total. The van der Waals surface area contributed by atoms with E-state index in [0.29, 0.717) is 6.42 Å². The average molecular weight is 293 g/mol. The van der Waals surface area contributed by atoms with Crippen LogP contribution < -0.4 is 5.32 Å². The third-order valence-electron chi connectivity index (χ3n) is 3.30. The lowest BCUT2D eigenvalue weighted by molar-refractivity contribution is -0.394. The van der Waals surface area contributed by atoms with Crippen molar-refractivity contribution in [2.45, 2.75) is 19.3 Å². The molecule has 9 heteroatoms. The van der Waals surface area contributed by atoms with Crippen LogP contribution in [0.1, 0.15) is 18.4 Å². The summed E-state index contributed by atoms with van der Waals surface area (Å²) in [7, 11) is 0. The molecule has 1 aliphatic heterocycles. The van der Waals surface area contributed by atoms with Gasteiger partial charge in [-0.05, 0) is 18.9 Å². The molecule has 0 aromatic heterocycles. The summed E-state index contributed by atoms with van der Waals surface area (Å²) in [4.78, 5) is 42.9. The molecule has 2 amide bonds. The Labute approximate surface area is 118 Å². The van der Waals surface area contributed by atoms with E-state index in [2.05, 4.69) is 5.32 Å². The number of nitrogens with one attached hydrogen (secondary N) is 1. The minimum absolute atomic E-state index is 0.0629. The standard InChI is InChI=1S/C12H11N3O6/c16-11-4-2-8(12(17)13-11)5-7-1-3-9(14(18)19)6-10(7)15(20)21/h1,3,6,8H,2,4-5H2,(H,13,16,17). The predicted molar refractivity (Wildman–Crippen MR) is 69.3 cm³/mol. The molecule has 1 aliphatic rings. The first-order chi connectivity index (χ1) is 9.88. The van der Waals surface area contributed by atoms with Crippen molar-refractivity contribution in [3.63, 3.8) is 0 Å². The van der Waals surface area contributed by atoms with Crippen molar-refractivity contribution in [2.75, 3.05) is 0 Å². The molecule has 0 aliphatic carbocycles. The second-order valence-electron chi connectivity index (χ2n) is 4.68. The minimum Gasteiger partial charge on any atom is -0.296 e. The highest BCUT2D eigenvalue weighted by atomic mass is 16.6. The number of imide groups is 1. The van der Waals surface area contributed by atoms with Crippen molar-refractivity contribution in [3.05, 3.63) is 44.0 Å². The third-order valence-corrected chi connectivity index (χ3v) is 3.30. The summed E-state index contributed by atoms with van der Waals surface area (Å²) < 4.78 is 0. The summed E-state index contributed by atoms with van der Waals surface area (Å²) in [5.74, 6) is -1.39. The number of rotatable bonds is 4. The van der Waals surface area contributed by atoms with Crippen molar-refractivity contribution in [1.82, 2.24) is 5.32 Å².